The van der Waals surface area contributed by atoms with Gasteiger partial charge in [0.25, 0.3) is 0 Å². The molecule has 0 aliphatic rings. The molecule has 5 nitrogen and oxygen atoms in total. The van der Waals surface area contributed by atoms with Crippen molar-refractivity contribution in [3.63, 3.8) is 0 Å². The molecule has 0 aromatic rings. The van der Waals surface area contributed by atoms with E-state index in [9.17, 15) is 9.59 Å². The summed E-state index contributed by atoms with van der Waals surface area (Å²) in [5.74, 6) is 0.915. The van der Waals surface area contributed by atoms with E-state index in [1.165, 1.54) is 173 Å². The molecule has 0 N–H and O–H groups in total. The molecule has 0 heterocycles. The Kier molecular flexibility index (Phi) is 41.7. The normalized spacial score (nSPS) is 12.7. The summed E-state index contributed by atoms with van der Waals surface area (Å²) in [7, 11) is 4.25. The van der Waals surface area contributed by atoms with Gasteiger partial charge in [0.05, 0.1) is 6.61 Å². The van der Waals surface area contributed by atoms with Gasteiger partial charge in [-0.1, -0.05) is 201 Å². The van der Waals surface area contributed by atoms with E-state index in [-0.39, 0.29) is 5.97 Å². The van der Waals surface area contributed by atoms with E-state index >= 15 is 0 Å². The maximum atomic E-state index is 13.9. The third-order valence-corrected chi connectivity index (χ3v) is 12.0. The van der Waals surface area contributed by atoms with Crippen molar-refractivity contribution in [3.05, 3.63) is 0 Å². The van der Waals surface area contributed by atoms with Crippen LogP contribution in [0.5, 0.6) is 0 Å². The highest BCUT2D eigenvalue weighted by Crippen LogP contribution is 2.23. The number of nitrogens with zero attached hydrogens (tertiary/aromatic N) is 2. The zero-order chi connectivity index (χ0) is 40.5. The molecule has 2 unspecified atom stereocenters. The van der Waals surface area contributed by atoms with Crippen LogP contribution in [0.4, 0.5) is 0 Å². The Morgan fingerprint density at radius 2 is 0.782 bits per heavy atom. The highest BCUT2D eigenvalue weighted by atomic mass is 16.5. The summed E-state index contributed by atoms with van der Waals surface area (Å²) in [6.45, 7) is 11.7. The van der Waals surface area contributed by atoms with Crippen molar-refractivity contribution >= 4 is 11.9 Å². The number of ether oxygens (including phenoxy) is 1. The second kappa shape index (κ2) is 42.5. The first-order valence-corrected chi connectivity index (χ1v) is 25.0. The molecular formula is C50H100N2O3. The van der Waals surface area contributed by atoms with E-state index in [0.717, 1.165) is 64.5 Å². The van der Waals surface area contributed by atoms with Crippen molar-refractivity contribution in [2.24, 2.45) is 5.92 Å². The summed E-state index contributed by atoms with van der Waals surface area (Å²) in [5.41, 5.74) is 0. The van der Waals surface area contributed by atoms with E-state index < -0.39 is 0 Å². The fourth-order valence-corrected chi connectivity index (χ4v) is 8.24. The minimum atomic E-state index is 0.00112. The summed E-state index contributed by atoms with van der Waals surface area (Å²) in [5, 5.41) is 0. The average molecular weight is 777 g/mol. The lowest BCUT2D eigenvalue weighted by atomic mass is 9.95. The first-order chi connectivity index (χ1) is 26.9. The predicted molar refractivity (Wildman–Crippen MR) is 242 cm³/mol. The quantitative estimate of drug-likeness (QED) is 0.0457. The maximum absolute atomic E-state index is 13.9. The molecule has 0 radical (unpaired) electrons. The fourth-order valence-electron chi connectivity index (χ4n) is 8.24. The fraction of sp³-hybridized carbons (Fsp3) is 0.960. The van der Waals surface area contributed by atoms with Crippen molar-refractivity contribution in [1.82, 2.24) is 9.80 Å². The SMILES string of the molecule is CCCCCCCCCCC(CCCCCC(=O)OCC(CCCCCC)CCCCCCCC)N(CCCCCCCCCC)C(=O)CCCCN(C)C. The summed E-state index contributed by atoms with van der Waals surface area (Å²) in [6.07, 6.45) is 45.0. The van der Waals surface area contributed by atoms with Crippen LogP contribution >= 0.6 is 0 Å². The molecule has 55 heavy (non-hydrogen) atoms. The Morgan fingerprint density at radius 3 is 1.25 bits per heavy atom. The van der Waals surface area contributed by atoms with Gasteiger partial charge in [-0.05, 0) is 77.9 Å². The number of rotatable bonds is 44. The maximum Gasteiger partial charge on any atom is 0.305 e. The van der Waals surface area contributed by atoms with Crippen LogP contribution in [0.1, 0.15) is 265 Å². The van der Waals surface area contributed by atoms with E-state index in [1.807, 2.05) is 0 Å². The van der Waals surface area contributed by atoms with Crippen LogP contribution in [-0.4, -0.2) is 61.5 Å². The molecule has 1 amide bonds. The molecule has 0 aromatic heterocycles. The van der Waals surface area contributed by atoms with Gasteiger partial charge in [-0.2, -0.15) is 0 Å². The zero-order valence-electron chi connectivity index (χ0n) is 38.6. The molecular weight excluding hydrogens is 677 g/mol. The van der Waals surface area contributed by atoms with Crippen molar-refractivity contribution in [1.29, 1.82) is 0 Å². The van der Waals surface area contributed by atoms with Crippen molar-refractivity contribution in [2.45, 2.75) is 271 Å². The lowest BCUT2D eigenvalue weighted by molar-refractivity contribution is -0.145. The van der Waals surface area contributed by atoms with Gasteiger partial charge >= 0.3 is 5.97 Å². The molecule has 5 heteroatoms. The number of esters is 1. The van der Waals surface area contributed by atoms with E-state index in [2.05, 4.69) is 51.6 Å². The van der Waals surface area contributed by atoms with E-state index in [1.54, 1.807) is 0 Å². The van der Waals surface area contributed by atoms with Crippen molar-refractivity contribution in [3.8, 4) is 0 Å². The highest BCUT2D eigenvalue weighted by molar-refractivity contribution is 5.76. The number of hydrogen-bond acceptors (Lipinski definition) is 4. The molecule has 0 fully saturated rings. The van der Waals surface area contributed by atoms with Crippen LogP contribution in [0, 0.1) is 5.92 Å². The van der Waals surface area contributed by atoms with Crippen LogP contribution in [0.3, 0.4) is 0 Å². The van der Waals surface area contributed by atoms with Gasteiger partial charge in [0.15, 0.2) is 0 Å². The Balaban J connectivity index is 5.14. The third kappa shape index (κ3) is 37.0. The van der Waals surface area contributed by atoms with Gasteiger partial charge in [0, 0.05) is 25.4 Å². The number of carbonyl (C=O) groups is 2. The summed E-state index contributed by atoms with van der Waals surface area (Å²) >= 11 is 0. The van der Waals surface area contributed by atoms with Gasteiger partial charge in [-0.25, -0.2) is 0 Å². The first-order valence-electron chi connectivity index (χ1n) is 25.0. The average Bonchev–Trinajstić information content (AvgIpc) is 3.17. The van der Waals surface area contributed by atoms with Crippen LogP contribution in [0.15, 0.2) is 0 Å². The van der Waals surface area contributed by atoms with Crippen LogP contribution in [0.2, 0.25) is 0 Å². The molecule has 0 spiro atoms. The second-order valence-corrected chi connectivity index (χ2v) is 17.8. The molecule has 0 aromatic carbocycles. The smallest absolute Gasteiger partial charge is 0.305 e. The second-order valence-electron chi connectivity index (χ2n) is 17.8. The molecule has 0 aliphatic heterocycles. The summed E-state index contributed by atoms with van der Waals surface area (Å²) in [4.78, 5) is 31.3. The summed E-state index contributed by atoms with van der Waals surface area (Å²) < 4.78 is 5.92. The molecule has 0 rings (SSSR count). The highest BCUT2D eigenvalue weighted by Gasteiger charge is 2.23. The van der Waals surface area contributed by atoms with Crippen LogP contribution in [0.25, 0.3) is 0 Å². The minimum Gasteiger partial charge on any atom is -0.465 e. The lowest BCUT2D eigenvalue weighted by Crippen LogP contribution is -2.41. The zero-order valence-corrected chi connectivity index (χ0v) is 38.6. The Labute approximate surface area is 346 Å². The first kappa shape index (κ1) is 53.9. The van der Waals surface area contributed by atoms with E-state index in [4.69, 9.17) is 4.74 Å². The number of hydrogen-bond donors (Lipinski definition) is 0. The lowest BCUT2D eigenvalue weighted by Gasteiger charge is -2.33. The van der Waals surface area contributed by atoms with Gasteiger partial charge in [0.2, 0.25) is 5.91 Å². The number of carbonyl (C=O) groups excluding carboxylic acids is 2. The minimum absolute atomic E-state index is 0.00112. The Bertz CT molecular complexity index is 802. The molecule has 2 atom stereocenters. The molecule has 0 bridgehead atoms. The topological polar surface area (TPSA) is 49.9 Å². The molecule has 0 aliphatic carbocycles. The van der Waals surface area contributed by atoms with Crippen molar-refractivity contribution in [2.75, 3.05) is 33.8 Å². The largest absolute Gasteiger partial charge is 0.465 e. The Hall–Kier alpha value is -1.10. The van der Waals surface area contributed by atoms with Gasteiger partial charge in [0.1, 0.15) is 0 Å². The van der Waals surface area contributed by atoms with E-state index in [0.29, 0.717) is 37.3 Å². The monoisotopic (exact) mass is 777 g/mol. The van der Waals surface area contributed by atoms with Crippen LogP contribution < -0.4 is 0 Å². The predicted octanol–water partition coefficient (Wildman–Crippen LogP) is 15.4. The molecule has 0 saturated heterocycles. The molecule has 328 valence electrons. The third-order valence-electron chi connectivity index (χ3n) is 12.0. The number of unbranched alkanes of at least 4 members (excludes halogenated alkanes) is 25. The van der Waals surface area contributed by atoms with Gasteiger partial charge < -0.3 is 14.5 Å². The standard InChI is InChI=1S/C50H100N2O3/c1-7-11-15-19-22-24-27-32-40-48(52(49(53)42-35-37-44-51(5)6)45-36-28-25-23-20-16-12-8-2)41-33-29-34-43-50(54)55-46-47(38-30-18-14-10-4)39-31-26-21-17-13-9-3/h47-48H,7-46H2,1-6H3. The number of amides is 1. The summed E-state index contributed by atoms with van der Waals surface area (Å²) in [6, 6.07) is 0.341. The van der Waals surface area contributed by atoms with Crippen LogP contribution in [-0.2, 0) is 14.3 Å². The van der Waals surface area contributed by atoms with Gasteiger partial charge in [-0.15, -0.1) is 0 Å². The molecule has 0 saturated carbocycles. The van der Waals surface area contributed by atoms with Crippen molar-refractivity contribution < 1.29 is 14.3 Å². The van der Waals surface area contributed by atoms with Gasteiger partial charge in [-0.3, -0.25) is 9.59 Å². The Morgan fingerprint density at radius 1 is 0.418 bits per heavy atom.